The zero-order chi connectivity index (χ0) is 23.8. The summed E-state index contributed by atoms with van der Waals surface area (Å²) in [5.41, 5.74) is 0.829. The van der Waals surface area contributed by atoms with Gasteiger partial charge in [0.2, 0.25) is 15.9 Å². The van der Waals surface area contributed by atoms with Gasteiger partial charge in [-0.1, -0.05) is 12.5 Å². The lowest BCUT2D eigenvalue weighted by atomic mass is 10.2. The van der Waals surface area contributed by atoms with Gasteiger partial charge in [-0.3, -0.25) is 19.5 Å². The summed E-state index contributed by atoms with van der Waals surface area (Å²) in [6.45, 7) is 2.21. The van der Waals surface area contributed by atoms with Crippen LogP contribution in [0, 0.1) is 17.0 Å². The molecule has 33 heavy (non-hydrogen) atoms. The van der Waals surface area contributed by atoms with Crippen molar-refractivity contribution in [3.8, 4) is 0 Å². The Bertz CT molecular complexity index is 1400. The van der Waals surface area contributed by atoms with Crippen LogP contribution < -0.4 is 11.1 Å². The monoisotopic (exact) mass is 474 g/mol. The van der Waals surface area contributed by atoms with Crippen molar-refractivity contribution in [3.63, 3.8) is 0 Å². The minimum absolute atomic E-state index is 0.00718. The molecule has 1 fully saturated rings. The molecular weight excluding hydrogens is 452 g/mol. The molecule has 0 unspecified atom stereocenters. The number of sulfonamides is 1. The highest BCUT2D eigenvalue weighted by Gasteiger charge is 2.27. The molecule has 2 aromatic carbocycles. The number of aromatic nitrogens is 1. The molecule has 1 N–H and O–H groups in total. The molecule has 1 aliphatic rings. The van der Waals surface area contributed by atoms with Gasteiger partial charge in [0.25, 0.3) is 5.69 Å². The first-order chi connectivity index (χ1) is 15.7. The fourth-order valence-electron chi connectivity index (χ4n) is 3.86. The van der Waals surface area contributed by atoms with E-state index in [0.29, 0.717) is 18.7 Å². The van der Waals surface area contributed by atoms with Crippen LogP contribution in [0.15, 0.2) is 50.5 Å². The van der Waals surface area contributed by atoms with Crippen molar-refractivity contribution in [2.45, 2.75) is 37.6 Å². The highest BCUT2D eigenvalue weighted by atomic mass is 32.2. The number of carbonyl (C=O) groups excluding carboxylic acids is 1. The van der Waals surface area contributed by atoms with E-state index in [2.05, 4.69) is 5.32 Å². The smallest absolute Gasteiger partial charge is 0.407 e. The minimum atomic E-state index is -3.69. The number of nitrogens with zero attached hydrogens (tertiary/aromatic N) is 3. The Morgan fingerprint density at radius 1 is 1.15 bits per heavy atom. The molecule has 1 amide bonds. The van der Waals surface area contributed by atoms with Crippen LogP contribution in [0.3, 0.4) is 0 Å². The van der Waals surface area contributed by atoms with Crippen LogP contribution in [0.4, 0.5) is 11.4 Å². The van der Waals surface area contributed by atoms with E-state index in [1.165, 1.54) is 22.5 Å². The molecule has 0 saturated carbocycles. The number of anilines is 1. The summed E-state index contributed by atoms with van der Waals surface area (Å²) in [6, 6.07) is 8.27. The fourth-order valence-corrected chi connectivity index (χ4v) is 5.63. The lowest BCUT2D eigenvalue weighted by molar-refractivity contribution is -0.384. The minimum Gasteiger partial charge on any atom is -0.407 e. The number of rotatable bonds is 6. The van der Waals surface area contributed by atoms with Gasteiger partial charge < -0.3 is 9.73 Å². The van der Waals surface area contributed by atoms with Gasteiger partial charge in [0.05, 0.1) is 21.4 Å². The van der Waals surface area contributed by atoms with E-state index in [-0.39, 0.29) is 27.4 Å². The van der Waals surface area contributed by atoms with Gasteiger partial charge in [-0.05, 0) is 43.5 Å². The van der Waals surface area contributed by atoms with Crippen molar-refractivity contribution < 1.29 is 22.6 Å². The molecule has 3 aromatic rings. The zero-order valence-corrected chi connectivity index (χ0v) is 18.6. The third-order valence-electron chi connectivity index (χ3n) is 5.57. The largest absolute Gasteiger partial charge is 0.420 e. The standard InChI is InChI=1S/C21H22N4O7S/c1-14-5-6-15(11-19(14)33(30,31)23-9-3-2-4-10-23)22-20(26)13-24-17-8-7-16(25(28)29)12-18(17)32-21(24)27/h5-8,11-12H,2-4,9-10,13H2,1H3,(H,22,26). The van der Waals surface area contributed by atoms with Gasteiger partial charge in [-0.15, -0.1) is 0 Å². The number of nitro groups is 1. The molecule has 0 radical (unpaired) electrons. The quantitative estimate of drug-likeness (QED) is 0.427. The van der Waals surface area contributed by atoms with E-state index in [1.54, 1.807) is 19.1 Å². The molecule has 12 heteroatoms. The Morgan fingerprint density at radius 2 is 1.88 bits per heavy atom. The maximum atomic E-state index is 13.1. The van der Waals surface area contributed by atoms with E-state index in [0.717, 1.165) is 29.9 Å². The maximum Gasteiger partial charge on any atom is 0.420 e. The molecule has 11 nitrogen and oxygen atoms in total. The second kappa shape index (κ2) is 8.79. The van der Waals surface area contributed by atoms with Gasteiger partial charge >= 0.3 is 5.76 Å². The highest BCUT2D eigenvalue weighted by molar-refractivity contribution is 7.89. The summed E-state index contributed by atoms with van der Waals surface area (Å²) < 4.78 is 33.7. The van der Waals surface area contributed by atoms with Gasteiger partial charge in [-0.2, -0.15) is 4.31 Å². The summed E-state index contributed by atoms with van der Waals surface area (Å²) >= 11 is 0. The van der Waals surface area contributed by atoms with Gasteiger partial charge in [0, 0.05) is 24.8 Å². The molecular formula is C21H22N4O7S. The molecule has 0 atom stereocenters. The van der Waals surface area contributed by atoms with Crippen LogP contribution in [0.5, 0.6) is 0 Å². The van der Waals surface area contributed by atoms with Crippen LogP contribution in [0.1, 0.15) is 24.8 Å². The third-order valence-corrected chi connectivity index (χ3v) is 7.61. The van der Waals surface area contributed by atoms with E-state index < -0.39 is 33.2 Å². The first-order valence-corrected chi connectivity index (χ1v) is 11.8. The Morgan fingerprint density at radius 3 is 2.58 bits per heavy atom. The van der Waals surface area contributed by atoms with E-state index in [1.807, 2.05) is 0 Å². The number of amides is 1. The topological polar surface area (TPSA) is 145 Å². The molecule has 174 valence electrons. The van der Waals surface area contributed by atoms with Crippen molar-refractivity contribution in [2.24, 2.45) is 0 Å². The molecule has 0 bridgehead atoms. The van der Waals surface area contributed by atoms with Crippen molar-refractivity contribution in [3.05, 3.63) is 62.6 Å². The number of nitro benzene ring substituents is 1. The molecule has 2 heterocycles. The SMILES string of the molecule is Cc1ccc(NC(=O)Cn2c(=O)oc3cc([N+](=O)[O-])ccc32)cc1S(=O)(=O)N1CCCCC1. The molecule has 0 aliphatic carbocycles. The number of aryl methyl sites for hydroxylation is 1. The molecule has 1 saturated heterocycles. The summed E-state index contributed by atoms with van der Waals surface area (Å²) in [5.74, 6) is -1.42. The summed E-state index contributed by atoms with van der Waals surface area (Å²) in [7, 11) is -3.69. The van der Waals surface area contributed by atoms with Gasteiger partial charge in [0.1, 0.15) is 6.54 Å². The van der Waals surface area contributed by atoms with Crippen LogP contribution in [0.2, 0.25) is 0 Å². The molecule has 4 rings (SSSR count). The Balaban J connectivity index is 1.56. The Hall–Kier alpha value is -3.51. The van der Waals surface area contributed by atoms with E-state index in [9.17, 15) is 28.1 Å². The Labute approximate surface area is 188 Å². The predicted molar refractivity (Wildman–Crippen MR) is 120 cm³/mol. The number of non-ortho nitro benzene ring substituents is 1. The lowest BCUT2D eigenvalue weighted by Crippen LogP contribution is -2.36. The highest BCUT2D eigenvalue weighted by Crippen LogP contribution is 2.26. The predicted octanol–water partition coefficient (Wildman–Crippen LogP) is 2.62. The van der Waals surface area contributed by atoms with Crippen LogP contribution in [0.25, 0.3) is 11.1 Å². The van der Waals surface area contributed by atoms with E-state index in [4.69, 9.17) is 4.42 Å². The number of piperidine rings is 1. The first-order valence-electron chi connectivity index (χ1n) is 10.4. The average molecular weight is 474 g/mol. The second-order valence-electron chi connectivity index (χ2n) is 7.86. The van der Waals surface area contributed by atoms with Crippen molar-refractivity contribution in [2.75, 3.05) is 18.4 Å². The van der Waals surface area contributed by atoms with Crippen LogP contribution >= 0.6 is 0 Å². The van der Waals surface area contributed by atoms with Crippen LogP contribution in [-0.2, 0) is 21.4 Å². The number of nitrogens with one attached hydrogen (secondary N) is 1. The van der Waals surface area contributed by atoms with Crippen molar-refractivity contribution >= 4 is 38.4 Å². The summed E-state index contributed by atoms with van der Waals surface area (Å²) in [4.78, 5) is 35.2. The summed E-state index contributed by atoms with van der Waals surface area (Å²) in [6.07, 6.45) is 2.62. The molecule has 1 aromatic heterocycles. The molecule has 0 spiro atoms. The van der Waals surface area contributed by atoms with Gasteiger partial charge in [-0.25, -0.2) is 13.2 Å². The van der Waals surface area contributed by atoms with E-state index >= 15 is 0 Å². The summed E-state index contributed by atoms with van der Waals surface area (Å²) in [5, 5.41) is 13.5. The third kappa shape index (κ3) is 4.52. The number of hydrogen-bond acceptors (Lipinski definition) is 7. The number of fused-ring (bicyclic) bond motifs is 1. The number of carbonyl (C=O) groups is 1. The zero-order valence-electron chi connectivity index (χ0n) is 17.8. The number of benzene rings is 2. The van der Waals surface area contributed by atoms with Crippen molar-refractivity contribution in [1.29, 1.82) is 0 Å². The van der Waals surface area contributed by atoms with Gasteiger partial charge in [0.15, 0.2) is 5.58 Å². The maximum absolute atomic E-state index is 13.1. The number of hydrogen-bond donors (Lipinski definition) is 1. The normalized spacial score (nSPS) is 14.9. The average Bonchev–Trinajstić information content (AvgIpc) is 3.09. The Kier molecular flexibility index (Phi) is 6.04. The number of oxazole rings is 1. The molecule has 1 aliphatic heterocycles. The lowest BCUT2D eigenvalue weighted by Gasteiger charge is -2.26. The first kappa shape index (κ1) is 22.7. The van der Waals surface area contributed by atoms with Crippen LogP contribution in [-0.4, -0.2) is 41.2 Å². The second-order valence-corrected chi connectivity index (χ2v) is 9.76. The van der Waals surface area contributed by atoms with Crippen molar-refractivity contribution in [1.82, 2.24) is 8.87 Å². The fraction of sp³-hybridized carbons (Fsp3) is 0.333.